The van der Waals surface area contributed by atoms with Crippen molar-refractivity contribution < 1.29 is 19.1 Å². The van der Waals surface area contributed by atoms with Gasteiger partial charge in [-0.25, -0.2) is 19.6 Å². The summed E-state index contributed by atoms with van der Waals surface area (Å²) < 4.78 is 10.4. The molecule has 9 heteroatoms. The first-order valence-corrected chi connectivity index (χ1v) is 9.70. The second kappa shape index (κ2) is 6.91. The minimum atomic E-state index is -0.530. The SMILES string of the molecule is COC(=O)c1ccc2c(n1)N(C(=O)Nc1cc3c(cn1)OCCC3)C1CCN2C1. The molecule has 1 N–H and O–H groups in total. The van der Waals surface area contributed by atoms with E-state index in [0.29, 0.717) is 18.2 Å². The molecule has 2 bridgehead atoms. The van der Waals surface area contributed by atoms with Crippen LogP contribution in [0.2, 0.25) is 0 Å². The van der Waals surface area contributed by atoms with Crippen molar-refractivity contribution in [3.05, 3.63) is 35.7 Å². The standard InChI is InChI=1S/C20H21N5O4/c1-28-19(26)14-4-5-15-18(22-14)25(13-6-7-24(15)11-13)20(27)23-17-9-12-3-2-8-29-16(12)10-21-17/h4-5,9-10,13H,2-3,6-8,11H2,1H3,(H,21,23,27). The fourth-order valence-electron chi connectivity index (χ4n) is 4.18. The minimum absolute atomic E-state index is 0.0103. The number of pyridine rings is 2. The van der Waals surface area contributed by atoms with Gasteiger partial charge in [-0.05, 0) is 43.0 Å². The number of aryl methyl sites for hydroxylation is 1. The molecule has 9 nitrogen and oxygen atoms in total. The normalized spacial score (nSPS) is 19.1. The first-order chi connectivity index (χ1) is 14.1. The van der Waals surface area contributed by atoms with Crippen molar-refractivity contribution in [2.75, 3.05) is 41.9 Å². The molecule has 29 heavy (non-hydrogen) atoms. The zero-order valence-electron chi connectivity index (χ0n) is 16.1. The largest absolute Gasteiger partial charge is 0.492 e. The lowest BCUT2D eigenvalue weighted by molar-refractivity contribution is 0.0594. The molecule has 2 aromatic rings. The van der Waals surface area contributed by atoms with E-state index in [4.69, 9.17) is 9.47 Å². The molecule has 1 unspecified atom stereocenters. The number of nitrogens with one attached hydrogen (secondary N) is 1. The van der Waals surface area contributed by atoms with Crippen LogP contribution in [0.15, 0.2) is 24.4 Å². The number of methoxy groups -OCH3 is 1. The van der Waals surface area contributed by atoms with Crippen molar-refractivity contribution in [3.8, 4) is 5.75 Å². The molecule has 0 radical (unpaired) electrons. The van der Waals surface area contributed by atoms with E-state index in [0.717, 1.165) is 49.4 Å². The highest BCUT2D eigenvalue weighted by molar-refractivity contribution is 6.04. The Bertz CT molecular complexity index is 995. The maximum Gasteiger partial charge on any atom is 0.356 e. The average molecular weight is 395 g/mol. The first-order valence-electron chi connectivity index (χ1n) is 9.70. The van der Waals surface area contributed by atoms with Gasteiger partial charge in [0.1, 0.15) is 11.6 Å². The minimum Gasteiger partial charge on any atom is -0.492 e. The Morgan fingerprint density at radius 2 is 2.24 bits per heavy atom. The molecule has 3 aliphatic heterocycles. The zero-order chi connectivity index (χ0) is 20.0. The van der Waals surface area contributed by atoms with Gasteiger partial charge in [-0.3, -0.25) is 10.2 Å². The molecule has 3 aliphatic rings. The predicted octanol–water partition coefficient (Wildman–Crippen LogP) is 2.22. The summed E-state index contributed by atoms with van der Waals surface area (Å²) >= 11 is 0. The lowest BCUT2D eigenvalue weighted by Gasteiger charge is -2.35. The van der Waals surface area contributed by atoms with E-state index in [1.54, 1.807) is 17.2 Å². The Morgan fingerprint density at radius 1 is 1.34 bits per heavy atom. The molecule has 0 aliphatic carbocycles. The van der Waals surface area contributed by atoms with Gasteiger partial charge in [-0.2, -0.15) is 0 Å². The van der Waals surface area contributed by atoms with Crippen molar-refractivity contribution in [2.45, 2.75) is 25.3 Å². The number of carbonyl (C=O) groups excluding carboxylic acids is 2. The van der Waals surface area contributed by atoms with Gasteiger partial charge in [0.25, 0.3) is 0 Å². The molecule has 5 rings (SSSR count). The molecule has 2 amide bonds. The van der Waals surface area contributed by atoms with Crippen LogP contribution in [0, 0.1) is 0 Å². The molecule has 1 atom stereocenters. The molecular weight excluding hydrogens is 374 g/mol. The monoisotopic (exact) mass is 395 g/mol. The van der Waals surface area contributed by atoms with Gasteiger partial charge in [0.15, 0.2) is 11.5 Å². The number of fused-ring (bicyclic) bond motifs is 5. The van der Waals surface area contributed by atoms with Gasteiger partial charge in [0.2, 0.25) is 0 Å². The molecule has 0 aromatic carbocycles. The summed E-state index contributed by atoms with van der Waals surface area (Å²) in [4.78, 5) is 37.7. The number of nitrogens with zero attached hydrogens (tertiary/aromatic N) is 4. The number of ether oxygens (including phenoxy) is 2. The number of carbonyl (C=O) groups is 2. The Kier molecular flexibility index (Phi) is 4.22. The van der Waals surface area contributed by atoms with Crippen molar-refractivity contribution >= 4 is 29.3 Å². The number of anilines is 3. The van der Waals surface area contributed by atoms with E-state index in [1.807, 2.05) is 12.1 Å². The van der Waals surface area contributed by atoms with E-state index in [1.165, 1.54) is 7.11 Å². The number of aromatic nitrogens is 2. The summed E-state index contributed by atoms with van der Waals surface area (Å²) in [5.74, 6) is 1.19. The van der Waals surface area contributed by atoms with Crippen molar-refractivity contribution in [1.82, 2.24) is 9.97 Å². The van der Waals surface area contributed by atoms with Crippen LogP contribution >= 0.6 is 0 Å². The Labute approximate surface area is 167 Å². The predicted molar refractivity (Wildman–Crippen MR) is 106 cm³/mol. The van der Waals surface area contributed by atoms with Crippen LogP contribution < -0.4 is 19.9 Å². The lowest BCUT2D eigenvalue weighted by Crippen LogP contribution is -2.48. The molecule has 0 spiro atoms. The molecule has 1 fully saturated rings. The summed E-state index contributed by atoms with van der Waals surface area (Å²) in [6.45, 7) is 2.28. The van der Waals surface area contributed by atoms with Gasteiger partial charge in [-0.1, -0.05) is 0 Å². The van der Waals surface area contributed by atoms with E-state index in [-0.39, 0.29) is 17.8 Å². The summed E-state index contributed by atoms with van der Waals surface area (Å²) in [6.07, 6.45) is 4.33. The third-order valence-corrected chi connectivity index (χ3v) is 5.60. The Balaban J connectivity index is 1.46. The quantitative estimate of drug-likeness (QED) is 0.779. The van der Waals surface area contributed by atoms with Crippen molar-refractivity contribution in [2.24, 2.45) is 0 Å². The zero-order valence-corrected chi connectivity index (χ0v) is 16.1. The van der Waals surface area contributed by atoms with Gasteiger partial charge in [0.05, 0.1) is 31.6 Å². The number of rotatable bonds is 2. The van der Waals surface area contributed by atoms with Gasteiger partial charge >= 0.3 is 12.0 Å². The molecular formula is C20H21N5O4. The molecule has 5 heterocycles. The van der Waals surface area contributed by atoms with Crippen LogP contribution in [0.25, 0.3) is 0 Å². The van der Waals surface area contributed by atoms with Crippen molar-refractivity contribution in [1.29, 1.82) is 0 Å². The highest BCUT2D eigenvalue weighted by Crippen LogP contribution is 2.39. The van der Waals surface area contributed by atoms with E-state index in [2.05, 4.69) is 20.2 Å². The second-order valence-electron chi connectivity index (χ2n) is 7.35. The van der Waals surface area contributed by atoms with Crippen LogP contribution in [0.5, 0.6) is 5.75 Å². The number of esters is 1. The van der Waals surface area contributed by atoms with E-state index < -0.39 is 5.97 Å². The smallest absolute Gasteiger partial charge is 0.356 e. The van der Waals surface area contributed by atoms with E-state index >= 15 is 0 Å². The van der Waals surface area contributed by atoms with Gasteiger partial charge in [0, 0.05) is 13.1 Å². The molecule has 2 aromatic heterocycles. The third kappa shape index (κ3) is 3.02. The topological polar surface area (TPSA) is 96.9 Å². The second-order valence-corrected chi connectivity index (χ2v) is 7.35. The Hall–Kier alpha value is -3.36. The van der Waals surface area contributed by atoms with E-state index in [9.17, 15) is 9.59 Å². The van der Waals surface area contributed by atoms with Gasteiger partial charge in [-0.15, -0.1) is 0 Å². The number of hydrogen-bond donors (Lipinski definition) is 1. The Morgan fingerprint density at radius 3 is 3.10 bits per heavy atom. The first kappa shape index (κ1) is 17.7. The number of urea groups is 1. The summed E-state index contributed by atoms with van der Waals surface area (Å²) in [6, 6.07) is 4.99. The lowest BCUT2D eigenvalue weighted by atomic mass is 10.1. The van der Waals surface area contributed by atoms with Crippen LogP contribution in [-0.2, 0) is 11.2 Å². The van der Waals surface area contributed by atoms with Gasteiger partial charge < -0.3 is 14.4 Å². The van der Waals surface area contributed by atoms with Crippen LogP contribution in [0.4, 0.5) is 22.1 Å². The molecule has 0 saturated carbocycles. The fraction of sp³-hybridized carbons (Fsp3) is 0.400. The highest BCUT2D eigenvalue weighted by atomic mass is 16.5. The van der Waals surface area contributed by atoms with Crippen molar-refractivity contribution in [3.63, 3.8) is 0 Å². The van der Waals surface area contributed by atoms with Crippen LogP contribution in [0.3, 0.4) is 0 Å². The summed E-state index contributed by atoms with van der Waals surface area (Å²) in [7, 11) is 1.31. The molecule has 1 saturated heterocycles. The number of hydrogen-bond acceptors (Lipinski definition) is 7. The fourth-order valence-corrected chi connectivity index (χ4v) is 4.18. The van der Waals surface area contributed by atoms with Crippen LogP contribution in [0.1, 0.15) is 28.9 Å². The third-order valence-electron chi connectivity index (χ3n) is 5.60. The van der Waals surface area contributed by atoms with Crippen LogP contribution in [-0.4, -0.2) is 54.8 Å². The maximum atomic E-state index is 13.2. The summed E-state index contributed by atoms with van der Waals surface area (Å²) in [5.41, 5.74) is 2.06. The average Bonchev–Trinajstić information content (AvgIpc) is 3.17. The maximum absolute atomic E-state index is 13.2. The summed E-state index contributed by atoms with van der Waals surface area (Å²) in [5, 5.41) is 2.89. The molecule has 150 valence electrons. The number of amides is 2. The highest BCUT2D eigenvalue weighted by Gasteiger charge is 2.40.